The van der Waals surface area contributed by atoms with Gasteiger partial charge >= 0.3 is 15.5 Å². The largest absolute Gasteiger partial charge is 0.511 e. The highest BCUT2D eigenvalue weighted by Crippen LogP contribution is 2.30. The fourth-order valence-electron chi connectivity index (χ4n) is 3.32. The zero-order chi connectivity index (χ0) is 19.4. The molecule has 0 amide bonds. The number of ether oxygens (including phenoxy) is 1. The number of nitrogens with one attached hydrogen (secondary N) is 1. The summed E-state index contributed by atoms with van der Waals surface area (Å²) in [6, 6.07) is 0. The van der Waals surface area contributed by atoms with Gasteiger partial charge in [-0.2, -0.15) is 17.5 Å². The zero-order valence-corrected chi connectivity index (χ0v) is 15.9. The molecule has 0 aromatic heterocycles. The third kappa shape index (κ3) is 5.23. The van der Waals surface area contributed by atoms with Gasteiger partial charge in [0.15, 0.2) is 5.96 Å². The van der Waals surface area contributed by atoms with Crippen molar-refractivity contribution in [2.24, 2.45) is 16.8 Å². The number of piperidine rings is 1. The summed E-state index contributed by atoms with van der Waals surface area (Å²) in [5.41, 5.74) is -5.23. The minimum absolute atomic E-state index is 0.106. The van der Waals surface area contributed by atoms with Crippen LogP contribution in [0, 0.1) is 11.8 Å². The summed E-state index contributed by atoms with van der Waals surface area (Å²) in [4.78, 5) is 6.25. The molecule has 0 aromatic carbocycles. The number of halogens is 3. The molecule has 2 aliphatic heterocycles. The van der Waals surface area contributed by atoms with E-state index in [0.29, 0.717) is 29.6 Å². The lowest BCUT2D eigenvalue weighted by atomic mass is 9.98. The number of nitrogens with zero attached hydrogens (tertiary/aromatic N) is 3. The van der Waals surface area contributed by atoms with E-state index >= 15 is 0 Å². The van der Waals surface area contributed by atoms with E-state index in [9.17, 15) is 21.6 Å². The van der Waals surface area contributed by atoms with Crippen LogP contribution in [0.1, 0.15) is 19.3 Å². The van der Waals surface area contributed by atoms with Crippen molar-refractivity contribution < 1.29 is 26.3 Å². The summed E-state index contributed by atoms with van der Waals surface area (Å²) in [5, 5.41) is 3.24. The molecular weight excluding hydrogens is 373 g/mol. The van der Waals surface area contributed by atoms with E-state index in [1.54, 1.807) is 7.05 Å². The third-order valence-corrected chi connectivity index (χ3v) is 6.51. The average molecular weight is 400 g/mol. The number of guanidine groups is 1. The van der Waals surface area contributed by atoms with Crippen LogP contribution in [-0.4, -0.2) is 82.6 Å². The van der Waals surface area contributed by atoms with Crippen molar-refractivity contribution in [3.8, 4) is 0 Å². The SMILES string of the molecule is CN=C(NCC1CCN(S(=O)(=O)C(F)(F)F)CC1)N(C)CC1CCOC1. The first-order chi connectivity index (χ1) is 12.1. The molecule has 152 valence electrons. The lowest BCUT2D eigenvalue weighted by molar-refractivity contribution is -0.0496. The molecule has 0 aliphatic carbocycles. The molecule has 2 fully saturated rings. The van der Waals surface area contributed by atoms with Crippen molar-refractivity contribution in [1.29, 1.82) is 0 Å². The smallest absolute Gasteiger partial charge is 0.381 e. The average Bonchev–Trinajstić information content (AvgIpc) is 3.07. The summed E-state index contributed by atoms with van der Waals surface area (Å²) < 4.78 is 66.6. The predicted molar refractivity (Wildman–Crippen MR) is 92.2 cm³/mol. The molecule has 2 aliphatic rings. The van der Waals surface area contributed by atoms with Gasteiger partial charge in [-0.1, -0.05) is 0 Å². The molecule has 2 rings (SSSR count). The number of hydrogen-bond acceptors (Lipinski definition) is 4. The maximum atomic E-state index is 12.6. The van der Waals surface area contributed by atoms with E-state index in [1.807, 2.05) is 11.9 Å². The topological polar surface area (TPSA) is 74.2 Å². The Morgan fingerprint density at radius 3 is 2.42 bits per heavy atom. The predicted octanol–water partition coefficient (Wildman–Crippen LogP) is 1.09. The minimum Gasteiger partial charge on any atom is -0.381 e. The highest BCUT2D eigenvalue weighted by Gasteiger charge is 2.50. The summed E-state index contributed by atoms with van der Waals surface area (Å²) in [6.45, 7) is 2.68. The minimum atomic E-state index is -5.23. The van der Waals surface area contributed by atoms with Crippen molar-refractivity contribution in [2.45, 2.75) is 24.8 Å². The van der Waals surface area contributed by atoms with Crippen LogP contribution in [-0.2, 0) is 14.8 Å². The second kappa shape index (κ2) is 8.75. The van der Waals surface area contributed by atoms with E-state index in [0.717, 1.165) is 32.1 Å². The van der Waals surface area contributed by atoms with E-state index in [-0.39, 0.29) is 19.0 Å². The summed E-state index contributed by atoms with van der Waals surface area (Å²) >= 11 is 0. The Balaban J connectivity index is 1.78. The first kappa shape index (κ1) is 21.2. The zero-order valence-electron chi connectivity index (χ0n) is 15.1. The molecule has 1 atom stereocenters. The number of rotatable bonds is 5. The Labute approximate surface area is 152 Å². The van der Waals surface area contributed by atoms with Gasteiger partial charge in [0.1, 0.15) is 0 Å². The lowest BCUT2D eigenvalue weighted by Crippen LogP contribution is -2.47. The second-order valence-corrected chi connectivity index (χ2v) is 8.76. The summed E-state index contributed by atoms with van der Waals surface area (Å²) in [5.74, 6) is 1.30. The summed E-state index contributed by atoms with van der Waals surface area (Å²) in [6.07, 6.45) is 1.80. The number of aliphatic imine (C=N–C) groups is 1. The molecule has 2 saturated heterocycles. The van der Waals surface area contributed by atoms with Crippen molar-refractivity contribution in [2.75, 3.05) is 53.5 Å². The van der Waals surface area contributed by atoms with Gasteiger partial charge in [-0.05, 0) is 25.2 Å². The van der Waals surface area contributed by atoms with Crippen LogP contribution < -0.4 is 5.32 Å². The third-order valence-electron chi connectivity index (χ3n) is 4.88. The van der Waals surface area contributed by atoms with E-state index in [4.69, 9.17) is 4.74 Å². The lowest BCUT2D eigenvalue weighted by Gasteiger charge is -2.32. The Bertz CT molecular complexity index is 583. The van der Waals surface area contributed by atoms with E-state index < -0.39 is 15.5 Å². The molecule has 7 nitrogen and oxygen atoms in total. The Kier molecular flexibility index (Phi) is 7.14. The number of sulfonamides is 1. The fourth-order valence-corrected chi connectivity index (χ4v) is 4.31. The molecule has 0 radical (unpaired) electrons. The maximum absolute atomic E-state index is 12.6. The quantitative estimate of drug-likeness (QED) is 0.553. The van der Waals surface area contributed by atoms with Crippen LogP contribution in [0.25, 0.3) is 0 Å². The van der Waals surface area contributed by atoms with Crippen LogP contribution in [0.3, 0.4) is 0 Å². The molecule has 1 N–H and O–H groups in total. The standard InChI is InChI=1S/C15H27F3N4O3S/c1-19-14(21(2)10-13-5-8-25-11-13)20-9-12-3-6-22(7-4-12)26(23,24)15(16,17)18/h12-13H,3-11H2,1-2H3,(H,19,20). The summed E-state index contributed by atoms with van der Waals surface area (Å²) in [7, 11) is -1.60. The van der Waals surface area contributed by atoms with Gasteiger partial charge in [-0.3, -0.25) is 4.99 Å². The highest BCUT2D eigenvalue weighted by atomic mass is 32.2. The second-order valence-electron chi connectivity index (χ2n) is 6.83. The Morgan fingerprint density at radius 1 is 1.27 bits per heavy atom. The van der Waals surface area contributed by atoms with E-state index in [1.165, 1.54) is 0 Å². The molecular formula is C15H27F3N4O3S. The van der Waals surface area contributed by atoms with Crippen LogP contribution in [0.15, 0.2) is 4.99 Å². The molecule has 2 heterocycles. The van der Waals surface area contributed by atoms with Crippen LogP contribution >= 0.6 is 0 Å². The van der Waals surface area contributed by atoms with Crippen LogP contribution in [0.4, 0.5) is 13.2 Å². The van der Waals surface area contributed by atoms with Crippen LogP contribution in [0.2, 0.25) is 0 Å². The Morgan fingerprint density at radius 2 is 1.92 bits per heavy atom. The molecule has 0 saturated carbocycles. The van der Waals surface area contributed by atoms with Crippen LogP contribution in [0.5, 0.6) is 0 Å². The van der Waals surface area contributed by atoms with Gasteiger partial charge in [0.2, 0.25) is 0 Å². The molecule has 26 heavy (non-hydrogen) atoms. The first-order valence-corrected chi connectivity index (χ1v) is 10.1. The first-order valence-electron chi connectivity index (χ1n) is 8.71. The van der Waals surface area contributed by atoms with Gasteiger partial charge in [0, 0.05) is 52.8 Å². The molecule has 11 heteroatoms. The number of alkyl halides is 3. The van der Waals surface area contributed by atoms with Crippen molar-refractivity contribution in [3.05, 3.63) is 0 Å². The highest BCUT2D eigenvalue weighted by molar-refractivity contribution is 7.90. The molecule has 0 aromatic rings. The van der Waals surface area contributed by atoms with Gasteiger partial charge in [-0.15, -0.1) is 0 Å². The van der Waals surface area contributed by atoms with Crippen molar-refractivity contribution in [1.82, 2.24) is 14.5 Å². The maximum Gasteiger partial charge on any atom is 0.511 e. The molecule has 0 spiro atoms. The monoisotopic (exact) mass is 400 g/mol. The van der Waals surface area contributed by atoms with Crippen molar-refractivity contribution >= 4 is 16.0 Å². The molecule has 1 unspecified atom stereocenters. The van der Waals surface area contributed by atoms with E-state index in [2.05, 4.69) is 10.3 Å². The van der Waals surface area contributed by atoms with Gasteiger partial charge in [0.05, 0.1) is 6.61 Å². The normalized spacial score (nSPS) is 24.0. The molecule has 0 bridgehead atoms. The fraction of sp³-hybridized carbons (Fsp3) is 0.933. The van der Waals surface area contributed by atoms with Gasteiger partial charge in [0.25, 0.3) is 0 Å². The number of hydrogen-bond donors (Lipinski definition) is 1. The van der Waals surface area contributed by atoms with Crippen molar-refractivity contribution in [3.63, 3.8) is 0 Å². The van der Waals surface area contributed by atoms with Gasteiger partial charge < -0.3 is 15.0 Å². The van der Waals surface area contributed by atoms with Gasteiger partial charge in [-0.25, -0.2) is 8.42 Å². The Hall–Kier alpha value is -1.07.